The van der Waals surface area contributed by atoms with Gasteiger partial charge in [-0.1, -0.05) is 0 Å². The van der Waals surface area contributed by atoms with E-state index in [2.05, 4.69) is 87.1 Å². The Kier molecular flexibility index (Phi) is 14.3. The first-order valence-corrected chi connectivity index (χ1v) is 12.6. The Bertz CT molecular complexity index is 679. The molecule has 0 heterocycles. The summed E-state index contributed by atoms with van der Waals surface area (Å²) in [6.07, 6.45) is 7.77. The van der Waals surface area contributed by atoms with Crippen LogP contribution in [0.3, 0.4) is 0 Å². The summed E-state index contributed by atoms with van der Waals surface area (Å²) in [5.74, 6) is 0. The number of halogens is 3. The van der Waals surface area contributed by atoms with Crippen LogP contribution in [-0.4, -0.2) is 8.80 Å². The van der Waals surface area contributed by atoms with Crippen LogP contribution >= 0.6 is 0 Å². The van der Waals surface area contributed by atoms with Crippen LogP contribution in [0.5, 0.6) is 0 Å². The van der Waals surface area contributed by atoms with E-state index >= 15 is 0 Å². The maximum atomic E-state index is 2.53. The molecule has 0 saturated carbocycles. The molecular formula is C23H35Cl3SiTi. The second-order valence-corrected chi connectivity index (χ2v) is 12.6. The summed E-state index contributed by atoms with van der Waals surface area (Å²) >= 11 is 2.39. The molecule has 1 aliphatic rings. The normalized spacial score (nSPS) is 14.7. The van der Waals surface area contributed by atoms with Crippen LogP contribution in [0.15, 0.2) is 32.9 Å². The maximum Gasteiger partial charge on any atom is -1.00 e. The molecule has 0 N–H and O–H groups in total. The Morgan fingerprint density at radius 3 is 1.96 bits per heavy atom. The molecule has 0 amide bonds. The minimum absolute atomic E-state index is 0. The van der Waals surface area contributed by atoms with Gasteiger partial charge in [-0.3, -0.25) is 0 Å². The van der Waals surface area contributed by atoms with Gasteiger partial charge in [0.05, 0.1) is 0 Å². The third-order valence-electron chi connectivity index (χ3n) is 5.46. The molecule has 2 rings (SSSR count). The van der Waals surface area contributed by atoms with Crippen molar-refractivity contribution in [3.63, 3.8) is 0 Å². The molecule has 0 aliphatic heterocycles. The van der Waals surface area contributed by atoms with Gasteiger partial charge in [0, 0.05) is 0 Å². The summed E-state index contributed by atoms with van der Waals surface area (Å²) in [4.78, 5) is 0. The van der Waals surface area contributed by atoms with E-state index in [9.17, 15) is 0 Å². The fraction of sp³-hybridized carbons (Fsp3) is 0.565. The largest absolute Gasteiger partial charge is 1.00 e. The van der Waals surface area contributed by atoms with E-state index < -0.39 is 8.80 Å². The van der Waals surface area contributed by atoms with Crippen molar-refractivity contribution in [2.75, 3.05) is 0 Å². The predicted molar refractivity (Wildman–Crippen MR) is 111 cm³/mol. The van der Waals surface area contributed by atoms with E-state index in [0.29, 0.717) is 0 Å². The van der Waals surface area contributed by atoms with Crippen molar-refractivity contribution in [1.82, 2.24) is 0 Å². The minimum atomic E-state index is -1.18. The first-order valence-electron chi connectivity index (χ1n) is 9.90. The first-order chi connectivity index (χ1) is 11.7. The van der Waals surface area contributed by atoms with Gasteiger partial charge in [-0.05, 0) is 0 Å². The van der Waals surface area contributed by atoms with Crippen molar-refractivity contribution in [2.24, 2.45) is 5.41 Å². The predicted octanol–water partition coefficient (Wildman–Crippen LogP) is -3.04. The molecular weight excluding hydrogens is 459 g/mol. The molecule has 156 valence electrons. The zero-order chi connectivity index (χ0) is 18.8. The van der Waals surface area contributed by atoms with Crippen LogP contribution in [0.25, 0.3) is 0 Å². The van der Waals surface area contributed by atoms with Crippen molar-refractivity contribution in [3.05, 3.63) is 49.5 Å². The second-order valence-electron chi connectivity index (χ2n) is 8.82. The van der Waals surface area contributed by atoms with Crippen LogP contribution in [0.4, 0.5) is 0 Å². The number of hydrogen-bond donors (Lipinski definition) is 0. The van der Waals surface area contributed by atoms with Crippen molar-refractivity contribution in [2.45, 2.75) is 80.2 Å². The van der Waals surface area contributed by atoms with E-state index in [1.165, 1.54) is 48.4 Å². The van der Waals surface area contributed by atoms with Gasteiger partial charge in [-0.2, -0.15) is 0 Å². The Hall–Kier alpha value is 0.501. The van der Waals surface area contributed by atoms with Crippen LogP contribution in [0.2, 0.25) is 6.04 Å². The Balaban J connectivity index is 0. The quantitative estimate of drug-likeness (QED) is 0.292. The molecule has 1 aliphatic carbocycles. The van der Waals surface area contributed by atoms with Crippen molar-refractivity contribution < 1.29 is 57.7 Å². The standard InChI is InChI=1S/C23H35Si.3ClH.Ti/c1-8-9-10-14-24(21-13-11-12-20(21)23(5,6)7)22-18(3)15-17(2)16-19(22)4;;;;/h12,15-16,24H,8-11,14H2,1-7H3;3*1H;/q;;;;+3/p-3. The molecule has 1 atom stereocenters. The Labute approximate surface area is 205 Å². The molecule has 0 spiro atoms. The summed E-state index contributed by atoms with van der Waals surface area (Å²) in [5, 5.41) is 3.52. The van der Waals surface area contributed by atoms with Gasteiger partial charge in [-0.25, -0.2) is 0 Å². The van der Waals surface area contributed by atoms with Crippen molar-refractivity contribution in [1.29, 1.82) is 0 Å². The molecule has 5 heteroatoms. The number of aryl methyl sites for hydroxylation is 3. The third-order valence-corrected chi connectivity index (χ3v) is 10.6. The van der Waals surface area contributed by atoms with E-state index in [4.69, 9.17) is 0 Å². The van der Waals surface area contributed by atoms with Gasteiger partial charge in [0.2, 0.25) is 0 Å². The number of allylic oxidation sites excluding steroid dienone is 4. The number of unbranched alkanes of at least 4 members (excludes halogenated alkanes) is 2. The summed E-state index contributed by atoms with van der Waals surface area (Å²) in [6, 6.07) is 6.24. The summed E-state index contributed by atoms with van der Waals surface area (Å²) in [6.45, 7) is 16.4. The van der Waals surface area contributed by atoms with Crippen molar-refractivity contribution in [3.8, 4) is 0 Å². The zero-order valence-electron chi connectivity index (χ0n) is 18.5. The summed E-state index contributed by atoms with van der Waals surface area (Å²) in [7, 11) is -1.18. The smallest absolute Gasteiger partial charge is 1.00 e. The maximum absolute atomic E-state index is 2.53. The zero-order valence-corrected chi connectivity index (χ0v) is 23.5. The SMILES string of the molecule is CCCCC[SiH](C1=[C]([Ti+3])CC=C1C(C)(C)C)c1c(C)cc(C)cc1C.[Cl-].[Cl-].[Cl-]. The number of hydrogen-bond acceptors (Lipinski definition) is 0. The molecule has 0 radical (unpaired) electrons. The number of benzene rings is 1. The fourth-order valence-corrected chi connectivity index (χ4v) is 9.95. The third kappa shape index (κ3) is 7.33. The molecule has 1 unspecified atom stereocenters. The first kappa shape index (κ1) is 30.7. The van der Waals surface area contributed by atoms with E-state index in [-0.39, 0.29) is 42.6 Å². The second kappa shape index (κ2) is 13.0. The van der Waals surface area contributed by atoms with Gasteiger partial charge in [0.15, 0.2) is 0 Å². The molecule has 0 aromatic heterocycles. The minimum Gasteiger partial charge on any atom is -1.00 e. The van der Waals surface area contributed by atoms with Gasteiger partial charge in [0.1, 0.15) is 0 Å². The van der Waals surface area contributed by atoms with E-state index in [1.54, 1.807) is 19.8 Å². The van der Waals surface area contributed by atoms with Crippen LogP contribution in [0, 0.1) is 26.2 Å². The van der Waals surface area contributed by atoms with Gasteiger partial charge < -0.3 is 37.2 Å². The molecule has 0 fully saturated rings. The molecule has 0 nitrogen and oxygen atoms in total. The summed E-state index contributed by atoms with van der Waals surface area (Å²) < 4.78 is 1.65. The molecule has 1 aromatic carbocycles. The topological polar surface area (TPSA) is 0 Å². The summed E-state index contributed by atoms with van der Waals surface area (Å²) in [5.41, 5.74) is 6.38. The van der Waals surface area contributed by atoms with Crippen molar-refractivity contribution >= 4 is 14.0 Å². The Morgan fingerprint density at radius 1 is 0.964 bits per heavy atom. The van der Waals surface area contributed by atoms with Gasteiger partial charge >= 0.3 is 170 Å². The van der Waals surface area contributed by atoms with Gasteiger partial charge in [0.25, 0.3) is 0 Å². The Morgan fingerprint density at radius 2 is 1.50 bits per heavy atom. The molecule has 28 heavy (non-hydrogen) atoms. The molecule has 1 aromatic rings. The van der Waals surface area contributed by atoms with Crippen LogP contribution < -0.4 is 42.4 Å². The van der Waals surface area contributed by atoms with Crippen LogP contribution in [0.1, 0.15) is 70.1 Å². The monoisotopic (exact) mass is 492 g/mol. The number of rotatable bonds is 6. The fourth-order valence-electron chi connectivity index (χ4n) is 4.47. The van der Waals surface area contributed by atoms with Gasteiger partial charge in [-0.15, -0.1) is 0 Å². The molecule has 0 bridgehead atoms. The average molecular weight is 494 g/mol. The van der Waals surface area contributed by atoms with Crippen LogP contribution in [-0.2, 0) is 20.4 Å². The van der Waals surface area contributed by atoms with E-state index in [1.807, 2.05) is 0 Å². The van der Waals surface area contributed by atoms with E-state index in [0.717, 1.165) is 0 Å². The average Bonchev–Trinajstić information content (AvgIpc) is 2.86. The molecule has 0 saturated heterocycles.